The van der Waals surface area contributed by atoms with Gasteiger partial charge in [0.2, 0.25) is 0 Å². The smallest absolute Gasteiger partial charge is 0.0258 e. The van der Waals surface area contributed by atoms with Gasteiger partial charge in [-0.2, -0.15) is 0 Å². The predicted molar refractivity (Wildman–Crippen MR) is 46.9 cm³/mol. The van der Waals surface area contributed by atoms with Crippen LogP contribution < -0.4 is 0 Å². The van der Waals surface area contributed by atoms with Crippen molar-refractivity contribution in [3.63, 3.8) is 0 Å². The summed E-state index contributed by atoms with van der Waals surface area (Å²) in [5.74, 6) is 7.69. The number of aryl methyl sites for hydroxylation is 1. The molecule has 0 saturated carbocycles. The summed E-state index contributed by atoms with van der Waals surface area (Å²) in [4.78, 5) is 0. The highest BCUT2D eigenvalue weighted by Gasteiger charge is 1.84. The van der Waals surface area contributed by atoms with Crippen LogP contribution in [0.4, 0.5) is 0 Å². The number of hydrogen-bond donors (Lipinski definition) is 0. The molecule has 0 unspecified atom stereocenters. The maximum absolute atomic E-state index is 4.99. The van der Waals surface area contributed by atoms with E-state index in [4.69, 9.17) is 6.42 Å². The standard InChI is InChI=1S/C11H8/c1-3-4-7-11-8-5-6-10(2)9-11/h1,5-6,8-9H,2H3. The number of rotatable bonds is 0. The SMILES string of the molecule is C#CC#Cc1cccc(C)c1. The van der Waals surface area contributed by atoms with Crippen LogP contribution >= 0.6 is 0 Å². The molecule has 1 aromatic rings. The third-order valence-electron chi connectivity index (χ3n) is 1.30. The Hall–Kier alpha value is -1.66. The van der Waals surface area contributed by atoms with Gasteiger partial charge in [-0.1, -0.05) is 18.1 Å². The van der Waals surface area contributed by atoms with Gasteiger partial charge in [-0.3, -0.25) is 0 Å². The van der Waals surface area contributed by atoms with E-state index in [2.05, 4.69) is 17.8 Å². The van der Waals surface area contributed by atoms with E-state index >= 15 is 0 Å². The zero-order valence-corrected chi connectivity index (χ0v) is 6.39. The van der Waals surface area contributed by atoms with Gasteiger partial charge >= 0.3 is 0 Å². The fraction of sp³-hybridized carbons (Fsp3) is 0.0909. The second-order valence-corrected chi connectivity index (χ2v) is 2.26. The van der Waals surface area contributed by atoms with Crippen molar-refractivity contribution in [1.82, 2.24) is 0 Å². The van der Waals surface area contributed by atoms with Crippen molar-refractivity contribution in [2.45, 2.75) is 6.92 Å². The van der Waals surface area contributed by atoms with Gasteiger partial charge in [0.25, 0.3) is 0 Å². The zero-order chi connectivity index (χ0) is 8.10. The van der Waals surface area contributed by atoms with Crippen molar-refractivity contribution in [3.05, 3.63) is 35.4 Å². The molecule has 0 heteroatoms. The first-order valence-corrected chi connectivity index (χ1v) is 3.36. The minimum atomic E-state index is 0.975. The highest BCUT2D eigenvalue weighted by atomic mass is 13.9. The molecule has 0 amide bonds. The Morgan fingerprint density at radius 2 is 2.18 bits per heavy atom. The van der Waals surface area contributed by atoms with Crippen LogP contribution in [-0.2, 0) is 0 Å². The lowest BCUT2D eigenvalue weighted by Crippen LogP contribution is -1.74. The Kier molecular flexibility index (Phi) is 2.37. The van der Waals surface area contributed by atoms with Crippen LogP contribution in [0.25, 0.3) is 0 Å². The van der Waals surface area contributed by atoms with E-state index in [-0.39, 0.29) is 0 Å². The maximum Gasteiger partial charge on any atom is 0.0258 e. The molecular weight excluding hydrogens is 132 g/mol. The van der Waals surface area contributed by atoms with Crippen molar-refractivity contribution in [2.75, 3.05) is 0 Å². The van der Waals surface area contributed by atoms with Crippen LogP contribution in [0.1, 0.15) is 11.1 Å². The molecule has 0 aliphatic rings. The molecule has 0 nitrogen and oxygen atoms in total. The average Bonchev–Trinajstić information content (AvgIpc) is 2.01. The summed E-state index contributed by atoms with van der Waals surface area (Å²) < 4.78 is 0. The van der Waals surface area contributed by atoms with Gasteiger partial charge in [-0.25, -0.2) is 0 Å². The normalized spacial score (nSPS) is 7.64. The molecule has 0 saturated heterocycles. The maximum atomic E-state index is 4.99. The van der Waals surface area contributed by atoms with E-state index in [0.717, 1.165) is 5.56 Å². The van der Waals surface area contributed by atoms with E-state index in [0.29, 0.717) is 0 Å². The quantitative estimate of drug-likeness (QED) is 0.483. The molecular formula is C11H8. The average molecular weight is 140 g/mol. The van der Waals surface area contributed by atoms with Crippen LogP contribution in [0, 0.1) is 31.1 Å². The van der Waals surface area contributed by atoms with Gasteiger partial charge in [-0.15, -0.1) is 6.42 Å². The zero-order valence-electron chi connectivity index (χ0n) is 6.39. The lowest BCUT2D eigenvalue weighted by molar-refractivity contribution is 1.46. The Morgan fingerprint density at radius 1 is 1.36 bits per heavy atom. The van der Waals surface area contributed by atoms with Crippen LogP contribution in [0.2, 0.25) is 0 Å². The van der Waals surface area contributed by atoms with Crippen LogP contribution in [-0.4, -0.2) is 0 Å². The van der Waals surface area contributed by atoms with E-state index in [1.165, 1.54) is 5.56 Å². The van der Waals surface area contributed by atoms with Crippen molar-refractivity contribution in [1.29, 1.82) is 0 Å². The molecule has 0 N–H and O–H groups in total. The highest BCUT2D eigenvalue weighted by molar-refractivity contribution is 5.40. The minimum Gasteiger partial charge on any atom is -0.106 e. The highest BCUT2D eigenvalue weighted by Crippen LogP contribution is 2.01. The van der Waals surface area contributed by atoms with Gasteiger partial charge in [0.1, 0.15) is 0 Å². The molecule has 0 atom stereocenters. The summed E-state index contributed by atoms with van der Waals surface area (Å²) in [7, 11) is 0. The van der Waals surface area contributed by atoms with E-state index in [1.807, 2.05) is 31.2 Å². The molecule has 0 heterocycles. The van der Waals surface area contributed by atoms with Crippen molar-refractivity contribution in [2.24, 2.45) is 0 Å². The molecule has 0 aliphatic heterocycles. The Balaban J connectivity index is 2.99. The molecule has 1 rings (SSSR count). The van der Waals surface area contributed by atoms with Gasteiger partial charge < -0.3 is 0 Å². The molecule has 1 aromatic carbocycles. The molecule has 11 heavy (non-hydrogen) atoms. The van der Waals surface area contributed by atoms with E-state index in [9.17, 15) is 0 Å². The van der Waals surface area contributed by atoms with Crippen LogP contribution in [0.15, 0.2) is 24.3 Å². The predicted octanol–water partition coefficient (Wildman–Crippen LogP) is 1.98. The summed E-state index contributed by atoms with van der Waals surface area (Å²) in [6, 6.07) is 7.94. The lowest BCUT2D eigenvalue weighted by atomic mass is 10.1. The van der Waals surface area contributed by atoms with Crippen molar-refractivity contribution < 1.29 is 0 Å². The third kappa shape index (κ3) is 2.20. The molecule has 0 fully saturated rings. The first-order valence-electron chi connectivity index (χ1n) is 3.36. The minimum absolute atomic E-state index is 0.975. The van der Waals surface area contributed by atoms with Crippen molar-refractivity contribution in [3.8, 4) is 24.2 Å². The number of terminal acetylenes is 1. The summed E-state index contributed by atoms with van der Waals surface area (Å²) in [6.07, 6.45) is 4.99. The molecule has 0 aromatic heterocycles. The lowest BCUT2D eigenvalue weighted by Gasteiger charge is -1.90. The monoisotopic (exact) mass is 140 g/mol. The second kappa shape index (κ2) is 3.49. The Labute approximate surface area is 67.3 Å². The van der Waals surface area contributed by atoms with Crippen molar-refractivity contribution >= 4 is 0 Å². The fourth-order valence-electron chi connectivity index (χ4n) is 0.831. The molecule has 0 spiro atoms. The van der Waals surface area contributed by atoms with E-state index in [1.54, 1.807) is 0 Å². The summed E-state index contributed by atoms with van der Waals surface area (Å²) >= 11 is 0. The molecule has 0 aliphatic carbocycles. The summed E-state index contributed by atoms with van der Waals surface area (Å²) in [5, 5.41) is 0. The third-order valence-corrected chi connectivity index (χ3v) is 1.30. The van der Waals surface area contributed by atoms with Gasteiger partial charge in [0.05, 0.1) is 0 Å². The molecule has 52 valence electrons. The summed E-state index contributed by atoms with van der Waals surface area (Å²) in [5.41, 5.74) is 2.18. The molecule has 0 radical (unpaired) electrons. The second-order valence-electron chi connectivity index (χ2n) is 2.26. The number of hydrogen-bond acceptors (Lipinski definition) is 0. The van der Waals surface area contributed by atoms with Gasteiger partial charge in [0, 0.05) is 5.56 Å². The summed E-state index contributed by atoms with van der Waals surface area (Å²) in [6.45, 7) is 2.03. The Bertz CT molecular complexity index is 342. The van der Waals surface area contributed by atoms with Crippen LogP contribution in [0.5, 0.6) is 0 Å². The topological polar surface area (TPSA) is 0 Å². The largest absolute Gasteiger partial charge is 0.106 e. The van der Waals surface area contributed by atoms with E-state index < -0.39 is 0 Å². The first-order chi connectivity index (χ1) is 5.33. The van der Waals surface area contributed by atoms with Gasteiger partial charge in [0.15, 0.2) is 0 Å². The van der Waals surface area contributed by atoms with Gasteiger partial charge in [-0.05, 0) is 36.5 Å². The Morgan fingerprint density at radius 3 is 2.82 bits per heavy atom. The first kappa shape index (κ1) is 7.45. The number of benzene rings is 1. The molecule has 0 bridgehead atoms. The fourth-order valence-corrected chi connectivity index (χ4v) is 0.831. The van der Waals surface area contributed by atoms with Crippen LogP contribution in [0.3, 0.4) is 0 Å².